The van der Waals surface area contributed by atoms with Crippen LogP contribution in [0.25, 0.3) is 5.70 Å². The summed E-state index contributed by atoms with van der Waals surface area (Å²) < 4.78 is 20.6. The molecule has 0 saturated carbocycles. The number of fused-ring (bicyclic) bond motifs is 1. The monoisotopic (exact) mass is 486 g/mol. The van der Waals surface area contributed by atoms with E-state index in [2.05, 4.69) is 32.8 Å². The number of aryl methyl sites for hydroxylation is 2. The quantitative estimate of drug-likeness (QED) is 0.378. The largest absolute Gasteiger partial charge is 0.491 e. The van der Waals surface area contributed by atoms with Crippen LogP contribution in [-0.2, 0) is 11.3 Å². The van der Waals surface area contributed by atoms with Crippen molar-refractivity contribution >= 4 is 24.2 Å². The zero-order valence-electron chi connectivity index (χ0n) is 21.4. The molecule has 0 aliphatic carbocycles. The zero-order chi connectivity index (χ0) is 26.2. The second kappa shape index (κ2) is 9.92. The third-order valence-electron chi connectivity index (χ3n) is 6.39. The van der Waals surface area contributed by atoms with Crippen molar-refractivity contribution in [3.63, 3.8) is 0 Å². The Morgan fingerprint density at radius 1 is 1.11 bits per heavy atom. The molecule has 1 aliphatic heterocycles. The van der Waals surface area contributed by atoms with Gasteiger partial charge in [0.1, 0.15) is 5.82 Å². The lowest BCUT2D eigenvalue weighted by molar-refractivity contribution is 0.0402. The minimum absolute atomic E-state index is 0.0245. The van der Waals surface area contributed by atoms with Crippen LogP contribution in [0.15, 0.2) is 67.2 Å². The Kier molecular flexibility index (Phi) is 7.07. The molecule has 1 amide bonds. The molecule has 7 heteroatoms. The fourth-order valence-electron chi connectivity index (χ4n) is 4.85. The molecule has 2 N–H and O–H groups in total. The Morgan fingerprint density at radius 2 is 1.75 bits per heavy atom. The number of amides is 1. The molecule has 36 heavy (non-hydrogen) atoms. The highest BCUT2D eigenvalue weighted by molar-refractivity contribution is 6.61. The Hall–Kier alpha value is -3.42. The molecule has 0 fully saturated rings. The average molecular weight is 486 g/mol. The molecular weight excluding hydrogens is 454 g/mol. The molecule has 3 aromatic carbocycles. The van der Waals surface area contributed by atoms with Gasteiger partial charge >= 0.3 is 7.12 Å². The summed E-state index contributed by atoms with van der Waals surface area (Å²) >= 11 is 0. The average Bonchev–Trinajstić information content (AvgIpc) is 3.19. The van der Waals surface area contributed by atoms with Gasteiger partial charge in [0, 0.05) is 16.7 Å². The van der Waals surface area contributed by atoms with Crippen molar-refractivity contribution in [3.8, 4) is 0 Å². The summed E-state index contributed by atoms with van der Waals surface area (Å²) in [6.45, 7) is 14.2. The van der Waals surface area contributed by atoms with Crippen LogP contribution < -0.4 is 10.9 Å². The summed E-state index contributed by atoms with van der Waals surface area (Å²) in [7, 11) is -1.14. The van der Waals surface area contributed by atoms with Gasteiger partial charge in [-0.15, -0.1) is 0 Å². The van der Waals surface area contributed by atoms with Crippen LogP contribution in [0.4, 0.5) is 4.39 Å². The second-order valence-electron chi connectivity index (χ2n) is 10.5. The first-order valence-corrected chi connectivity index (χ1v) is 12.0. The van der Waals surface area contributed by atoms with Gasteiger partial charge in [-0.05, 0) is 42.4 Å². The highest BCUT2D eigenvalue weighted by Crippen LogP contribution is 2.38. The number of rotatable bonds is 6. The highest BCUT2D eigenvalue weighted by Gasteiger charge is 2.37. The van der Waals surface area contributed by atoms with Gasteiger partial charge in [0.15, 0.2) is 0 Å². The molecule has 1 aliphatic rings. The summed E-state index contributed by atoms with van der Waals surface area (Å²) in [6.07, 6.45) is 0. The second-order valence-corrected chi connectivity index (χ2v) is 10.5. The number of carbonyl (C=O) groups excluding carboxylic acids is 1. The maximum Gasteiger partial charge on any atom is 0.491 e. The van der Waals surface area contributed by atoms with Crippen molar-refractivity contribution in [2.75, 3.05) is 0 Å². The van der Waals surface area contributed by atoms with E-state index in [1.54, 1.807) is 17.1 Å². The van der Waals surface area contributed by atoms with Gasteiger partial charge in [-0.1, -0.05) is 87.0 Å². The van der Waals surface area contributed by atoms with Crippen molar-refractivity contribution < 1.29 is 18.9 Å². The van der Waals surface area contributed by atoms with E-state index < -0.39 is 19.0 Å². The number of nitrogens with zero attached hydrogens (tertiary/aromatic N) is 1. The first-order valence-electron chi connectivity index (χ1n) is 12.0. The first-order chi connectivity index (χ1) is 17.0. The van der Waals surface area contributed by atoms with E-state index >= 15 is 4.39 Å². The standard InChI is InChI=1S/C29H32BFN2O3/c1-18-14-19(2)16-22(15-18)28(34)33(27(29(4,5)6)21-10-8-7-9-11-21)32-20(3)23-12-13-25-24(26(23)31)17-36-30(25)35/h7-16,27,32,35H,3,17H2,1-2,4-6H3. The fourth-order valence-corrected chi connectivity index (χ4v) is 4.85. The zero-order valence-corrected chi connectivity index (χ0v) is 21.4. The smallest absolute Gasteiger partial charge is 0.423 e. The maximum atomic E-state index is 15.4. The van der Waals surface area contributed by atoms with Gasteiger partial charge < -0.3 is 9.68 Å². The molecule has 0 radical (unpaired) electrons. The minimum atomic E-state index is -1.14. The number of hydrogen-bond donors (Lipinski definition) is 2. The molecule has 1 heterocycles. The van der Waals surface area contributed by atoms with E-state index in [1.165, 1.54) is 0 Å². The Morgan fingerprint density at radius 3 is 2.36 bits per heavy atom. The van der Waals surface area contributed by atoms with Gasteiger partial charge in [0.2, 0.25) is 0 Å². The van der Waals surface area contributed by atoms with Crippen LogP contribution in [0, 0.1) is 25.1 Å². The van der Waals surface area contributed by atoms with Crippen molar-refractivity contribution in [2.45, 2.75) is 47.3 Å². The highest BCUT2D eigenvalue weighted by atomic mass is 19.1. The van der Waals surface area contributed by atoms with E-state index in [1.807, 2.05) is 62.4 Å². The van der Waals surface area contributed by atoms with Crippen LogP contribution in [-0.4, -0.2) is 23.1 Å². The van der Waals surface area contributed by atoms with Crippen LogP contribution in [0.2, 0.25) is 0 Å². The summed E-state index contributed by atoms with van der Waals surface area (Å²) in [5, 5.41) is 11.5. The molecule has 3 aromatic rings. The third-order valence-corrected chi connectivity index (χ3v) is 6.39. The maximum absolute atomic E-state index is 15.4. The van der Waals surface area contributed by atoms with Gasteiger partial charge in [0.25, 0.3) is 5.91 Å². The Bertz CT molecular complexity index is 1280. The molecule has 0 saturated heterocycles. The molecule has 1 atom stereocenters. The van der Waals surface area contributed by atoms with Crippen LogP contribution in [0.3, 0.4) is 0 Å². The number of halogens is 1. The van der Waals surface area contributed by atoms with Crippen molar-refractivity contribution in [2.24, 2.45) is 5.41 Å². The van der Waals surface area contributed by atoms with Crippen molar-refractivity contribution in [1.82, 2.24) is 10.4 Å². The number of benzene rings is 3. The summed E-state index contributed by atoms with van der Waals surface area (Å²) in [5.41, 5.74) is 7.37. The van der Waals surface area contributed by atoms with Gasteiger partial charge in [0.05, 0.1) is 18.3 Å². The fraction of sp³-hybridized carbons (Fsp3) is 0.276. The molecule has 186 valence electrons. The molecule has 0 aromatic heterocycles. The van der Waals surface area contributed by atoms with Gasteiger partial charge in [-0.3, -0.25) is 10.2 Å². The SMILES string of the molecule is C=C(NN(C(=O)c1cc(C)cc(C)c1)C(c1ccccc1)C(C)(C)C)c1ccc2c(c1F)COB2O. The summed E-state index contributed by atoms with van der Waals surface area (Å²) in [6, 6.07) is 18.3. The number of nitrogens with one attached hydrogen (secondary N) is 1. The van der Waals surface area contributed by atoms with E-state index in [0.717, 1.165) is 16.7 Å². The molecule has 0 bridgehead atoms. The molecule has 0 spiro atoms. The lowest BCUT2D eigenvalue weighted by Crippen LogP contribution is -2.48. The first kappa shape index (κ1) is 25.7. The van der Waals surface area contributed by atoms with E-state index in [0.29, 0.717) is 16.6 Å². The van der Waals surface area contributed by atoms with Crippen LogP contribution in [0.1, 0.15) is 65.0 Å². The molecule has 4 rings (SSSR count). The predicted octanol–water partition coefficient (Wildman–Crippen LogP) is 5.07. The molecular formula is C29H32BFN2O3. The lowest BCUT2D eigenvalue weighted by atomic mass is 9.79. The normalized spacial score (nSPS) is 13.8. The topological polar surface area (TPSA) is 61.8 Å². The van der Waals surface area contributed by atoms with Crippen molar-refractivity contribution in [3.05, 3.63) is 106 Å². The van der Waals surface area contributed by atoms with E-state index in [4.69, 9.17) is 4.65 Å². The molecule has 5 nitrogen and oxygen atoms in total. The number of carbonyl (C=O) groups is 1. The summed E-state index contributed by atoms with van der Waals surface area (Å²) in [4.78, 5) is 14.1. The van der Waals surface area contributed by atoms with Crippen LogP contribution in [0.5, 0.6) is 0 Å². The van der Waals surface area contributed by atoms with Crippen molar-refractivity contribution in [1.29, 1.82) is 0 Å². The van der Waals surface area contributed by atoms with E-state index in [9.17, 15) is 9.82 Å². The van der Waals surface area contributed by atoms with Gasteiger partial charge in [-0.25, -0.2) is 9.40 Å². The number of hydrogen-bond acceptors (Lipinski definition) is 4. The summed E-state index contributed by atoms with van der Waals surface area (Å²) in [5.74, 6) is -0.764. The Balaban J connectivity index is 1.79. The Labute approximate surface area is 212 Å². The predicted molar refractivity (Wildman–Crippen MR) is 142 cm³/mol. The van der Waals surface area contributed by atoms with E-state index in [-0.39, 0.29) is 29.2 Å². The minimum Gasteiger partial charge on any atom is -0.423 e. The third kappa shape index (κ3) is 5.08. The molecule has 1 unspecified atom stereocenters. The van der Waals surface area contributed by atoms with Crippen LogP contribution >= 0.6 is 0 Å². The number of hydrazine groups is 1. The van der Waals surface area contributed by atoms with Gasteiger partial charge in [-0.2, -0.15) is 0 Å². The lowest BCUT2D eigenvalue weighted by Gasteiger charge is -2.41.